The monoisotopic (exact) mass is 320 g/mol. The van der Waals surface area contributed by atoms with Crippen molar-refractivity contribution in [2.45, 2.75) is 20.0 Å². The Labute approximate surface area is 129 Å². The highest BCUT2D eigenvalue weighted by molar-refractivity contribution is 5.89. The molecule has 0 aliphatic rings. The summed E-state index contributed by atoms with van der Waals surface area (Å²) in [5.74, 6) is -2.51. The van der Waals surface area contributed by atoms with Gasteiger partial charge in [-0.2, -0.15) is 0 Å². The van der Waals surface area contributed by atoms with Crippen molar-refractivity contribution < 1.29 is 39.5 Å². The van der Waals surface area contributed by atoms with Gasteiger partial charge in [0.2, 0.25) is 0 Å². The predicted molar refractivity (Wildman–Crippen MR) is 78.6 cm³/mol. The maximum absolute atomic E-state index is 9.55. The Kier molecular flexibility index (Phi) is 16.0. The SMILES string of the molecule is CC(C)=CC(O)COCCOCCO.O=C(O)/C=C\C(=O)O. The lowest BCUT2D eigenvalue weighted by atomic mass is 10.2. The van der Waals surface area contributed by atoms with E-state index in [0.717, 1.165) is 5.57 Å². The number of aliphatic carboxylic acids is 2. The van der Waals surface area contributed by atoms with E-state index >= 15 is 0 Å². The van der Waals surface area contributed by atoms with E-state index in [1.54, 1.807) is 6.08 Å². The van der Waals surface area contributed by atoms with E-state index in [1.807, 2.05) is 13.8 Å². The van der Waals surface area contributed by atoms with Gasteiger partial charge in [-0.1, -0.05) is 11.6 Å². The molecule has 8 nitrogen and oxygen atoms in total. The van der Waals surface area contributed by atoms with Crippen molar-refractivity contribution >= 4 is 11.9 Å². The van der Waals surface area contributed by atoms with Crippen LogP contribution in [-0.4, -0.2) is 71.5 Å². The van der Waals surface area contributed by atoms with Crippen LogP contribution in [0.5, 0.6) is 0 Å². The van der Waals surface area contributed by atoms with Crippen LogP contribution in [0.15, 0.2) is 23.8 Å². The normalized spacial score (nSPS) is 11.5. The van der Waals surface area contributed by atoms with Crippen molar-refractivity contribution in [3.63, 3.8) is 0 Å². The molecule has 0 aromatic carbocycles. The van der Waals surface area contributed by atoms with Gasteiger partial charge < -0.3 is 29.9 Å². The first-order valence-corrected chi connectivity index (χ1v) is 6.53. The molecular formula is C14H24O8. The van der Waals surface area contributed by atoms with Crippen LogP contribution in [-0.2, 0) is 19.1 Å². The molecule has 0 rings (SSSR count). The summed E-state index contributed by atoms with van der Waals surface area (Å²) < 4.78 is 10.1. The van der Waals surface area contributed by atoms with E-state index in [4.69, 9.17) is 24.8 Å². The summed E-state index contributed by atoms with van der Waals surface area (Å²) in [5, 5.41) is 33.4. The number of hydrogen-bond donors (Lipinski definition) is 4. The molecule has 0 aromatic rings. The van der Waals surface area contributed by atoms with Crippen molar-refractivity contribution in [2.75, 3.05) is 33.0 Å². The highest BCUT2D eigenvalue weighted by atomic mass is 16.5. The number of aliphatic hydroxyl groups excluding tert-OH is 2. The summed E-state index contributed by atoms with van der Waals surface area (Å²) >= 11 is 0. The number of carboxylic acids is 2. The van der Waals surface area contributed by atoms with Crippen LogP contribution in [0, 0.1) is 0 Å². The van der Waals surface area contributed by atoms with Crippen LogP contribution in [0.2, 0.25) is 0 Å². The molecule has 0 aliphatic heterocycles. The Morgan fingerprint density at radius 3 is 1.91 bits per heavy atom. The molecule has 0 fully saturated rings. The topological polar surface area (TPSA) is 134 Å². The fourth-order valence-electron chi connectivity index (χ4n) is 1.06. The molecule has 8 heteroatoms. The minimum Gasteiger partial charge on any atom is -0.478 e. The molecule has 1 atom stereocenters. The molecule has 0 saturated heterocycles. The van der Waals surface area contributed by atoms with Gasteiger partial charge in [0.05, 0.1) is 39.1 Å². The molecule has 0 saturated carbocycles. The van der Waals surface area contributed by atoms with E-state index in [0.29, 0.717) is 32.0 Å². The zero-order chi connectivity index (χ0) is 17.4. The first-order valence-electron chi connectivity index (χ1n) is 6.53. The number of carboxylic acid groups (broad SMARTS) is 2. The zero-order valence-electron chi connectivity index (χ0n) is 12.8. The molecule has 0 heterocycles. The second-order valence-corrected chi connectivity index (χ2v) is 4.23. The first-order chi connectivity index (χ1) is 10.3. The summed E-state index contributed by atoms with van der Waals surface area (Å²) in [4.78, 5) is 19.1. The Morgan fingerprint density at radius 2 is 1.50 bits per heavy atom. The third-order valence-electron chi connectivity index (χ3n) is 1.79. The molecule has 0 aliphatic carbocycles. The number of rotatable bonds is 10. The Balaban J connectivity index is 0. The summed E-state index contributed by atoms with van der Waals surface area (Å²) in [7, 11) is 0. The van der Waals surface area contributed by atoms with Gasteiger partial charge in [0.1, 0.15) is 0 Å². The maximum atomic E-state index is 9.55. The smallest absolute Gasteiger partial charge is 0.328 e. The Bertz CT molecular complexity index is 342. The summed E-state index contributed by atoms with van der Waals surface area (Å²) in [5.41, 5.74) is 1.07. The molecule has 22 heavy (non-hydrogen) atoms. The Morgan fingerprint density at radius 1 is 1.00 bits per heavy atom. The highest BCUT2D eigenvalue weighted by Gasteiger charge is 1.99. The van der Waals surface area contributed by atoms with Gasteiger partial charge in [0.15, 0.2) is 0 Å². The van der Waals surface area contributed by atoms with Crippen LogP contribution in [0.1, 0.15) is 13.8 Å². The molecule has 0 amide bonds. The van der Waals surface area contributed by atoms with E-state index in [2.05, 4.69) is 0 Å². The van der Waals surface area contributed by atoms with Gasteiger partial charge in [0.25, 0.3) is 0 Å². The Hall–Kier alpha value is -1.74. The summed E-state index contributed by atoms with van der Waals surface area (Å²) in [6.07, 6.45) is 2.32. The average Bonchev–Trinajstić information content (AvgIpc) is 2.40. The van der Waals surface area contributed by atoms with Crippen molar-refractivity contribution in [3.8, 4) is 0 Å². The van der Waals surface area contributed by atoms with Gasteiger partial charge >= 0.3 is 11.9 Å². The number of hydrogen-bond acceptors (Lipinski definition) is 6. The van der Waals surface area contributed by atoms with Gasteiger partial charge in [-0.25, -0.2) is 9.59 Å². The third-order valence-corrected chi connectivity index (χ3v) is 1.79. The van der Waals surface area contributed by atoms with Crippen molar-refractivity contribution in [3.05, 3.63) is 23.8 Å². The maximum Gasteiger partial charge on any atom is 0.328 e. The second-order valence-electron chi connectivity index (χ2n) is 4.23. The quantitative estimate of drug-likeness (QED) is 0.252. The largest absolute Gasteiger partial charge is 0.478 e. The highest BCUT2D eigenvalue weighted by Crippen LogP contribution is 1.94. The van der Waals surface area contributed by atoms with Crippen LogP contribution in [0.4, 0.5) is 0 Å². The summed E-state index contributed by atoms with van der Waals surface area (Å²) in [6.45, 7) is 5.38. The predicted octanol–water partition coefficient (Wildman–Crippen LogP) is 0.0508. The third kappa shape index (κ3) is 23.4. The van der Waals surface area contributed by atoms with Crippen molar-refractivity contribution in [2.24, 2.45) is 0 Å². The molecule has 0 spiro atoms. The van der Waals surface area contributed by atoms with Gasteiger partial charge in [-0.15, -0.1) is 0 Å². The summed E-state index contributed by atoms with van der Waals surface area (Å²) in [6, 6.07) is 0. The molecular weight excluding hydrogens is 296 g/mol. The first kappa shape index (κ1) is 22.5. The number of allylic oxidation sites excluding steroid dienone is 1. The van der Waals surface area contributed by atoms with E-state index < -0.39 is 18.0 Å². The molecule has 4 N–H and O–H groups in total. The molecule has 0 radical (unpaired) electrons. The molecule has 128 valence electrons. The van der Waals surface area contributed by atoms with Crippen molar-refractivity contribution in [1.29, 1.82) is 0 Å². The standard InChI is InChI=1S/C10H20O4.C4H4O4/c1-9(2)7-10(12)8-14-6-5-13-4-3-11;5-3(6)1-2-4(7)8/h7,10-12H,3-6,8H2,1-2H3;1-2H,(H,5,6)(H,7,8)/b;2-1-. The van der Waals surface area contributed by atoms with Crippen LogP contribution < -0.4 is 0 Å². The minimum absolute atomic E-state index is 0.0282. The second kappa shape index (κ2) is 15.6. The van der Waals surface area contributed by atoms with E-state index in [9.17, 15) is 14.7 Å². The van der Waals surface area contributed by atoms with Crippen LogP contribution in [0.3, 0.4) is 0 Å². The molecule has 0 bridgehead atoms. The van der Waals surface area contributed by atoms with Gasteiger partial charge in [-0.3, -0.25) is 0 Å². The fraction of sp³-hybridized carbons (Fsp3) is 0.571. The lowest BCUT2D eigenvalue weighted by Gasteiger charge is -2.08. The zero-order valence-corrected chi connectivity index (χ0v) is 12.8. The van der Waals surface area contributed by atoms with E-state index in [-0.39, 0.29) is 13.2 Å². The average molecular weight is 320 g/mol. The molecule has 1 unspecified atom stereocenters. The lowest BCUT2D eigenvalue weighted by Crippen LogP contribution is -2.15. The van der Waals surface area contributed by atoms with Gasteiger partial charge in [-0.05, 0) is 13.8 Å². The fourth-order valence-corrected chi connectivity index (χ4v) is 1.06. The van der Waals surface area contributed by atoms with Crippen LogP contribution >= 0.6 is 0 Å². The van der Waals surface area contributed by atoms with E-state index in [1.165, 1.54) is 0 Å². The van der Waals surface area contributed by atoms with Crippen molar-refractivity contribution in [1.82, 2.24) is 0 Å². The number of carbonyl (C=O) groups is 2. The lowest BCUT2D eigenvalue weighted by molar-refractivity contribution is -0.134. The molecule has 0 aromatic heterocycles. The van der Waals surface area contributed by atoms with Crippen LogP contribution in [0.25, 0.3) is 0 Å². The number of aliphatic hydroxyl groups is 2. The van der Waals surface area contributed by atoms with Gasteiger partial charge in [0, 0.05) is 12.2 Å². The minimum atomic E-state index is -1.26. The number of ether oxygens (including phenoxy) is 2.